The largest absolute Gasteiger partial charge is 0.480 e. The van der Waals surface area contributed by atoms with Crippen LogP contribution in [0.25, 0.3) is 0 Å². The van der Waals surface area contributed by atoms with E-state index in [4.69, 9.17) is 15.3 Å². The molecule has 12 heavy (non-hydrogen) atoms. The van der Waals surface area contributed by atoms with Gasteiger partial charge in [-0.1, -0.05) is 0 Å². The third-order valence-electron chi connectivity index (χ3n) is 0.685. The van der Waals surface area contributed by atoms with E-state index in [2.05, 4.69) is 5.32 Å². The molecule has 0 aliphatic heterocycles. The molecule has 0 saturated heterocycles. The highest BCUT2D eigenvalue weighted by Gasteiger charge is 2.01. The van der Waals surface area contributed by atoms with Crippen LogP contribution in [0.15, 0.2) is 0 Å². The van der Waals surface area contributed by atoms with Gasteiger partial charge in [0.2, 0.25) is 0 Å². The second-order valence-corrected chi connectivity index (χ2v) is 1.94. The number of hydrogen-bond acceptors (Lipinski definition) is 4. The number of carbonyl (C=O) groups is 2. The Morgan fingerprint density at radius 2 is 1.75 bits per heavy atom. The van der Waals surface area contributed by atoms with Crippen LogP contribution in [0.3, 0.4) is 0 Å². The van der Waals surface area contributed by atoms with Gasteiger partial charge in [0.1, 0.15) is 6.10 Å². The highest BCUT2D eigenvalue weighted by atomic mass is 16.4. The summed E-state index contributed by atoms with van der Waals surface area (Å²) < 4.78 is 0. The monoisotopic (exact) mass is 179 g/mol. The third-order valence-corrected chi connectivity index (χ3v) is 0.685. The molecule has 0 amide bonds. The zero-order valence-corrected chi connectivity index (χ0v) is 6.94. The van der Waals surface area contributed by atoms with Crippen molar-refractivity contribution in [1.82, 2.24) is 5.32 Å². The first-order valence-electron chi connectivity index (χ1n) is 3.19. The predicted octanol–water partition coefficient (Wildman–Crippen LogP) is -1.26. The zero-order chi connectivity index (χ0) is 10.1. The molecule has 1 atom stereocenters. The average molecular weight is 179 g/mol. The first-order valence-corrected chi connectivity index (χ1v) is 3.19. The minimum Gasteiger partial charge on any atom is -0.480 e. The van der Waals surface area contributed by atoms with Crippen molar-refractivity contribution in [2.24, 2.45) is 0 Å². The first kappa shape index (κ1) is 13.4. The van der Waals surface area contributed by atoms with Crippen LogP contribution in [0.2, 0.25) is 0 Å². The van der Waals surface area contributed by atoms with Crippen molar-refractivity contribution < 1.29 is 24.9 Å². The zero-order valence-electron chi connectivity index (χ0n) is 6.94. The maximum absolute atomic E-state index is 9.54. The standard InChI is InChI=1S/C3H7NO2.C3H6O3/c1-4-2-3(5)6;1-2(4)3(5)6/h4H,2H2,1H3,(H,5,6);2,4H,1H3,(H,5,6). The number of rotatable bonds is 3. The average Bonchev–Trinajstić information content (AvgIpc) is 1.87. The first-order chi connectivity index (χ1) is 5.41. The third kappa shape index (κ3) is 15.9. The highest BCUT2D eigenvalue weighted by Crippen LogP contribution is 1.73. The molecular weight excluding hydrogens is 166 g/mol. The summed E-state index contributed by atoms with van der Waals surface area (Å²) in [6.45, 7) is 1.24. The number of nitrogens with one attached hydrogen (secondary N) is 1. The fraction of sp³-hybridized carbons (Fsp3) is 0.667. The number of aliphatic hydroxyl groups is 1. The fourth-order valence-corrected chi connectivity index (χ4v) is 0.151. The Morgan fingerprint density at radius 1 is 1.42 bits per heavy atom. The lowest BCUT2D eigenvalue weighted by Gasteiger charge is -1.89. The molecule has 0 spiro atoms. The lowest BCUT2D eigenvalue weighted by Crippen LogP contribution is -2.16. The van der Waals surface area contributed by atoms with Gasteiger partial charge < -0.3 is 20.6 Å². The van der Waals surface area contributed by atoms with Gasteiger partial charge >= 0.3 is 11.9 Å². The second-order valence-electron chi connectivity index (χ2n) is 1.94. The predicted molar refractivity (Wildman–Crippen MR) is 40.9 cm³/mol. The van der Waals surface area contributed by atoms with E-state index in [1.165, 1.54) is 6.92 Å². The van der Waals surface area contributed by atoms with E-state index in [-0.39, 0.29) is 6.54 Å². The Labute approximate surface area is 69.8 Å². The Kier molecular flexibility index (Phi) is 8.92. The number of aliphatic carboxylic acids is 2. The number of likely N-dealkylation sites (N-methyl/N-ethyl adjacent to an activating group) is 1. The topological polar surface area (TPSA) is 107 Å². The quantitative estimate of drug-likeness (QED) is 0.431. The fourth-order valence-electron chi connectivity index (χ4n) is 0.151. The van der Waals surface area contributed by atoms with Crippen molar-refractivity contribution in [3.8, 4) is 0 Å². The van der Waals surface area contributed by atoms with Crippen LogP contribution >= 0.6 is 0 Å². The lowest BCUT2D eigenvalue weighted by molar-refractivity contribution is -0.145. The Bertz CT molecular complexity index is 145. The van der Waals surface area contributed by atoms with Gasteiger partial charge in [-0.3, -0.25) is 4.79 Å². The summed E-state index contributed by atoms with van der Waals surface area (Å²) in [7, 11) is 1.59. The van der Waals surface area contributed by atoms with Crippen molar-refractivity contribution in [3.05, 3.63) is 0 Å². The SMILES string of the molecule is CC(O)C(=O)O.CNCC(=O)O. The minimum absolute atomic E-state index is 0.0417. The highest BCUT2D eigenvalue weighted by molar-refractivity contribution is 5.71. The van der Waals surface area contributed by atoms with Crippen molar-refractivity contribution in [2.45, 2.75) is 13.0 Å². The molecule has 0 saturated carbocycles. The number of aliphatic hydroxyl groups excluding tert-OH is 1. The maximum atomic E-state index is 9.54. The van der Waals surface area contributed by atoms with Gasteiger partial charge in [0.05, 0.1) is 6.54 Å². The molecule has 0 aliphatic carbocycles. The molecule has 6 nitrogen and oxygen atoms in total. The van der Waals surface area contributed by atoms with Gasteiger partial charge in [-0.15, -0.1) is 0 Å². The molecule has 0 fully saturated rings. The molecule has 0 radical (unpaired) electrons. The Hall–Kier alpha value is -1.14. The summed E-state index contributed by atoms with van der Waals surface area (Å²) in [6, 6.07) is 0. The van der Waals surface area contributed by atoms with E-state index in [0.29, 0.717) is 0 Å². The molecule has 6 heteroatoms. The van der Waals surface area contributed by atoms with E-state index < -0.39 is 18.0 Å². The van der Waals surface area contributed by atoms with Crippen LogP contribution in [0.5, 0.6) is 0 Å². The number of hydrogen-bond donors (Lipinski definition) is 4. The van der Waals surface area contributed by atoms with Gasteiger partial charge in [-0.25, -0.2) is 4.79 Å². The maximum Gasteiger partial charge on any atom is 0.332 e. The summed E-state index contributed by atoms with van der Waals surface area (Å²) in [6.07, 6.45) is -1.23. The molecule has 0 bridgehead atoms. The Balaban J connectivity index is 0. The van der Waals surface area contributed by atoms with Gasteiger partial charge in [-0.05, 0) is 14.0 Å². The number of carboxylic acids is 2. The van der Waals surface area contributed by atoms with Crippen molar-refractivity contribution in [3.63, 3.8) is 0 Å². The van der Waals surface area contributed by atoms with Crippen LogP contribution in [-0.4, -0.2) is 47.0 Å². The van der Waals surface area contributed by atoms with Crippen molar-refractivity contribution in [2.75, 3.05) is 13.6 Å². The number of carboxylic acid groups (broad SMARTS) is 2. The summed E-state index contributed by atoms with van der Waals surface area (Å²) >= 11 is 0. The van der Waals surface area contributed by atoms with E-state index in [1.807, 2.05) is 0 Å². The van der Waals surface area contributed by atoms with Crippen molar-refractivity contribution in [1.29, 1.82) is 0 Å². The van der Waals surface area contributed by atoms with Crippen LogP contribution < -0.4 is 5.32 Å². The van der Waals surface area contributed by atoms with Crippen LogP contribution in [-0.2, 0) is 9.59 Å². The Morgan fingerprint density at radius 3 is 1.75 bits per heavy atom. The second kappa shape index (κ2) is 7.96. The molecule has 4 N–H and O–H groups in total. The van der Waals surface area contributed by atoms with E-state index in [0.717, 1.165) is 0 Å². The molecule has 0 heterocycles. The van der Waals surface area contributed by atoms with E-state index in [1.54, 1.807) is 7.05 Å². The van der Waals surface area contributed by atoms with Crippen LogP contribution in [0.1, 0.15) is 6.92 Å². The van der Waals surface area contributed by atoms with Crippen molar-refractivity contribution >= 4 is 11.9 Å². The van der Waals surface area contributed by atoms with Gasteiger partial charge in [-0.2, -0.15) is 0 Å². The molecule has 0 aromatic carbocycles. The van der Waals surface area contributed by atoms with Gasteiger partial charge in [0.25, 0.3) is 0 Å². The minimum atomic E-state index is -1.23. The van der Waals surface area contributed by atoms with Gasteiger partial charge in [0.15, 0.2) is 0 Å². The summed E-state index contributed by atoms with van der Waals surface area (Å²) in [5, 5.41) is 26.1. The molecule has 1 unspecified atom stereocenters. The molecule has 0 aromatic heterocycles. The summed E-state index contributed by atoms with van der Waals surface area (Å²) in [5.41, 5.74) is 0. The lowest BCUT2D eigenvalue weighted by atomic mass is 10.4. The summed E-state index contributed by atoms with van der Waals surface area (Å²) in [4.78, 5) is 19.0. The van der Waals surface area contributed by atoms with Crippen LogP contribution in [0.4, 0.5) is 0 Å². The molecule has 0 aliphatic rings. The van der Waals surface area contributed by atoms with Crippen LogP contribution in [0, 0.1) is 0 Å². The van der Waals surface area contributed by atoms with E-state index >= 15 is 0 Å². The summed E-state index contributed by atoms with van der Waals surface area (Å²) in [5.74, 6) is -2.01. The molecule has 0 aromatic rings. The molecular formula is C6H13NO5. The molecule has 72 valence electrons. The van der Waals surface area contributed by atoms with Gasteiger partial charge in [0, 0.05) is 0 Å². The smallest absolute Gasteiger partial charge is 0.332 e. The normalized spacial score (nSPS) is 10.9. The molecule has 0 rings (SSSR count). The van der Waals surface area contributed by atoms with E-state index in [9.17, 15) is 9.59 Å².